The molecule has 0 spiro atoms. The lowest BCUT2D eigenvalue weighted by Gasteiger charge is -2.21. The molecule has 0 aliphatic heterocycles. The summed E-state index contributed by atoms with van der Waals surface area (Å²) in [4.78, 5) is -0.162. The second-order valence-corrected chi connectivity index (χ2v) is 7.14. The van der Waals surface area contributed by atoms with Crippen molar-refractivity contribution in [2.75, 3.05) is 6.54 Å². The smallest absolute Gasteiger partial charge is 0.185 e. The second-order valence-electron chi connectivity index (χ2n) is 5.01. The third-order valence-electron chi connectivity index (χ3n) is 3.65. The van der Waals surface area contributed by atoms with Crippen molar-refractivity contribution in [1.29, 1.82) is 0 Å². The summed E-state index contributed by atoms with van der Waals surface area (Å²) in [6.45, 7) is 2.84. The molecule has 2 rings (SSSR count). The van der Waals surface area contributed by atoms with Gasteiger partial charge in [-0.3, -0.25) is 0 Å². The van der Waals surface area contributed by atoms with Crippen LogP contribution in [0.4, 0.5) is 4.39 Å². The largest absolute Gasteiger partial charge is 0.313 e. The lowest BCUT2D eigenvalue weighted by Crippen LogP contribution is -2.40. The maximum Gasteiger partial charge on any atom is 0.185 e. The van der Waals surface area contributed by atoms with E-state index in [0.29, 0.717) is 6.42 Å². The van der Waals surface area contributed by atoms with Crippen LogP contribution in [0.15, 0.2) is 29.2 Å². The van der Waals surface area contributed by atoms with Gasteiger partial charge in [0.15, 0.2) is 9.84 Å². The van der Waals surface area contributed by atoms with Crippen LogP contribution in [0, 0.1) is 5.82 Å². The molecular weight excluding hydrogens is 265 g/mol. The predicted molar refractivity (Wildman–Crippen MR) is 73.3 cm³/mol. The Hall–Kier alpha value is -0.940. The summed E-state index contributed by atoms with van der Waals surface area (Å²) in [5, 5.41) is 2.77. The first-order valence-corrected chi connectivity index (χ1v) is 8.33. The average Bonchev–Trinajstić information content (AvgIpc) is 2.85. The molecule has 1 aromatic carbocycles. The highest BCUT2D eigenvalue weighted by Crippen LogP contribution is 2.31. The van der Waals surface area contributed by atoms with Crippen LogP contribution in [-0.2, 0) is 9.84 Å². The van der Waals surface area contributed by atoms with Crippen molar-refractivity contribution in [2.45, 2.75) is 48.8 Å². The van der Waals surface area contributed by atoms with E-state index in [1.165, 1.54) is 18.2 Å². The predicted octanol–water partition coefficient (Wildman–Crippen LogP) is 2.52. The molecule has 5 heteroatoms. The van der Waals surface area contributed by atoms with E-state index in [9.17, 15) is 12.8 Å². The molecule has 0 saturated heterocycles. The van der Waals surface area contributed by atoms with E-state index in [1.807, 2.05) is 6.92 Å². The number of hydrogen-bond acceptors (Lipinski definition) is 3. The van der Waals surface area contributed by atoms with E-state index in [1.54, 1.807) is 6.07 Å². The normalized spacial score (nSPS) is 23.7. The molecule has 3 nitrogen and oxygen atoms in total. The van der Waals surface area contributed by atoms with Crippen LogP contribution in [-0.4, -0.2) is 26.3 Å². The molecule has 1 fully saturated rings. The Balaban J connectivity index is 2.26. The summed E-state index contributed by atoms with van der Waals surface area (Å²) in [7, 11) is -3.59. The Kier molecular flexibility index (Phi) is 4.58. The molecule has 0 heterocycles. The van der Waals surface area contributed by atoms with Crippen molar-refractivity contribution in [3.8, 4) is 0 Å². The van der Waals surface area contributed by atoms with E-state index in [2.05, 4.69) is 5.32 Å². The van der Waals surface area contributed by atoms with Gasteiger partial charge >= 0.3 is 0 Å². The Labute approximate surface area is 114 Å². The quantitative estimate of drug-likeness (QED) is 0.904. The van der Waals surface area contributed by atoms with Gasteiger partial charge in [0.1, 0.15) is 10.7 Å². The summed E-state index contributed by atoms with van der Waals surface area (Å²) in [5.74, 6) is -0.649. The highest BCUT2D eigenvalue weighted by molar-refractivity contribution is 7.92. The van der Waals surface area contributed by atoms with E-state index in [-0.39, 0.29) is 10.9 Å². The van der Waals surface area contributed by atoms with Crippen LogP contribution < -0.4 is 5.32 Å². The van der Waals surface area contributed by atoms with Gasteiger partial charge in [0.2, 0.25) is 0 Å². The standard InChI is InChI=1S/C14H20FNO2S/c1-2-10-16-12-7-5-9-14(12)19(17,18)13-8-4-3-6-11(13)15/h3-4,6,8,12,14,16H,2,5,7,9-10H2,1H3. The molecule has 0 bridgehead atoms. The topological polar surface area (TPSA) is 46.2 Å². The number of halogens is 1. The monoisotopic (exact) mass is 285 g/mol. The summed E-state index contributed by atoms with van der Waals surface area (Å²) in [6.07, 6.45) is 3.29. The maximum absolute atomic E-state index is 13.7. The number of benzene rings is 1. The minimum atomic E-state index is -3.59. The van der Waals surface area contributed by atoms with E-state index >= 15 is 0 Å². The van der Waals surface area contributed by atoms with Gasteiger partial charge in [0.25, 0.3) is 0 Å². The Bertz CT molecular complexity index is 530. The molecule has 1 aromatic rings. The van der Waals surface area contributed by atoms with E-state index < -0.39 is 20.9 Å². The van der Waals surface area contributed by atoms with Gasteiger partial charge in [-0.1, -0.05) is 25.5 Å². The van der Waals surface area contributed by atoms with Crippen molar-refractivity contribution < 1.29 is 12.8 Å². The zero-order chi connectivity index (χ0) is 13.9. The second kappa shape index (κ2) is 6.01. The SMILES string of the molecule is CCCNC1CCCC1S(=O)(=O)c1ccccc1F. The van der Waals surface area contributed by atoms with Crippen LogP contribution in [0.5, 0.6) is 0 Å². The fourth-order valence-electron chi connectivity index (χ4n) is 2.70. The lowest BCUT2D eigenvalue weighted by molar-refractivity contribution is 0.500. The molecule has 106 valence electrons. The summed E-state index contributed by atoms with van der Waals surface area (Å²) < 4.78 is 38.8. The number of rotatable bonds is 5. The molecule has 19 heavy (non-hydrogen) atoms. The first-order chi connectivity index (χ1) is 9.07. The van der Waals surface area contributed by atoms with Gasteiger partial charge < -0.3 is 5.32 Å². The fraction of sp³-hybridized carbons (Fsp3) is 0.571. The molecule has 0 radical (unpaired) electrons. The average molecular weight is 285 g/mol. The van der Waals surface area contributed by atoms with Gasteiger partial charge in [-0.15, -0.1) is 0 Å². The summed E-state index contributed by atoms with van der Waals surface area (Å²) >= 11 is 0. The Morgan fingerprint density at radius 2 is 2.05 bits per heavy atom. The Morgan fingerprint density at radius 1 is 1.32 bits per heavy atom. The molecule has 1 N–H and O–H groups in total. The Morgan fingerprint density at radius 3 is 2.74 bits per heavy atom. The molecule has 1 saturated carbocycles. The summed E-state index contributed by atoms with van der Waals surface area (Å²) in [5.41, 5.74) is 0. The fourth-order valence-corrected chi connectivity index (χ4v) is 4.78. The van der Waals surface area contributed by atoms with Crippen LogP contribution in [0.1, 0.15) is 32.6 Å². The third-order valence-corrected chi connectivity index (χ3v) is 5.96. The van der Waals surface area contributed by atoms with Gasteiger partial charge in [0.05, 0.1) is 5.25 Å². The van der Waals surface area contributed by atoms with Crippen molar-refractivity contribution in [1.82, 2.24) is 5.32 Å². The first kappa shape index (κ1) is 14.5. The van der Waals surface area contributed by atoms with Crippen LogP contribution in [0.25, 0.3) is 0 Å². The van der Waals surface area contributed by atoms with Crippen LogP contribution in [0.2, 0.25) is 0 Å². The molecule has 1 aliphatic carbocycles. The molecule has 1 aliphatic rings. The van der Waals surface area contributed by atoms with Crippen molar-refractivity contribution in [3.63, 3.8) is 0 Å². The number of nitrogens with one attached hydrogen (secondary N) is 1. The van der Waals surface area contributed by atoms with Crippen LogP contribution in [0.3, 0.4) is 0 Å². The van der Waals surface area contributed by atoms with Gasteiger partial charge in [-0.05, 0) is 37.9 Å². The highest BCUT2D eigenvalue weighted by atomic mass is 32.2. The number of sulfone groups is 1. The zero-order valence-electron chi connectivity index (χ0n) is 11.1. The van der Waals surface area contributed by atoms with Crippen molar-refractivity contribution in [2.24, 2.45) is 0 Å². The van der Waals surface area contributed by atoms with E-state index in [4.69, 9.17) is 0 Å². The first-order valence-electron chi connectivity index (χ1n) is 6.79. The summed E-state index contributed by atoms with van der Waals surface area (Å²) in [6, 6.07) is 5.59. The molecular formula is C14H20FNO2S. The molecule has 0 aromatic heterocycles. The molecule has 2 unspecified atom stereocenters. The van der Waals surface area contributed by atoms with E-state index in [0.717, 1.165) is 25.8 Å². The number of hydrogen-bond donors (Lipinski definition) is 1. The molecule has 2 atom stereocenters. The van der Waals surface area contributed by atoms with Gasteiger partial charge in [0, 0.05) is 6.04 Å². The minimum Gasteiger partial charge on any atom is -0.313 e. The van der Waals surface area contributed by atoms with Crippen molar-refractivity contribution >= 4 is 9.84 Å². The lowest BCUT2D eigenvalue weighted by atomic mass is 10.2. The van der Waals surface area contributed by atoms with Crippen LogP contribution >= 0.6 is 0 Å². The maximum atomic E-state index is 13.7. The molecule has 0 amide bonds. The third kappa shape index (κ3) is 2.98. The zero-order valence-corrected chi connectivity index (χ0v) is 11.9. The van der Waals surface area contributed by atoms with Gasteiger partial charge in [-0.25, -0.2) is 12.8 Å². The minimum absolute atomic E-state index is 0.0513. The highest BCUT2D eigenvalue weighted by Gasteiger charge is 2.39. The van der Waals surface area contributed by atoms with Crippen molar-refractivity contribution in [3.05, 3.63) is 30.1 Å². The van der Waals surface area contributed by atoms with Gasteiger partial charge in [-0.2, -0.15) is 0 Å².